The Bertz CT molecular complexity index is 1460. The van der Waals surface area contributed by atoms with Gasteiger partial charge in [-0.3, -0.25) is 4.79 Å². The largest absolute Gasteiger partial charge is 0.494 e. The van der Waals surface area contributed by atoms with Crippen molar-refractivity contribution in [2.24, 2.45) is 0 Å². The van der Waals surface area contributed by atoms with Crippen molar-refractivity contribution in [3.05, 3.63) is 83.2 Å². The number of nitrogens with one attached hydrogen (secondary N) is 3. The maximum atomic E-state index is 14.6. The van der Waals surface area contributed by atoms with Gasteiger partial charge in [-0.2, -0.15) is 4.98 Å². The number of hydrogen-bond acceptors (Lipinski definition) is 7. The average molecular weight is 565 g/mol. The maximum Gasteiger partial charge on any atom is 0.248 e. The lowest BCUT2D eigenvalue weighted by molar-refractivity contribution is -0.111. The summed E-state index contributed by atoms with van der Waals surface area (Å²) in [6.45, 7) is 0.587. The molecule has 0 saturated carbocycles. The van der Waals surface area contributed by atoms with E-state index in [9.17, 15) is 9.18 Å². The number of carbonyl (C=O) groups excluding carboxylic acids is 1. The number of amides is 1. The van der Waals surface area contributed by atoms with Gasteiger partial charge in [0.1, 0.15) is 11.6 Å². The van der Waals surface area contributed by atoms with Gasteiger partial charge in [0, 0.05) is 35.0 Å². The number of hydrogen-bond donors (Lipinski definition) is 3. The number of methoxy groups -OCH3 is 1. The normalized spacial score (nSPS) is 11.2. The van der Waals surface area contributed by atoms with E-state index in [1.54, 1.807) is 18.3 Å². The van der Waals surface area contributed by atoms with Gasteiger partial charge in [-0.15, -0.1) is 0 Å². The molecule has 0 spiro atoms. The molecule has 8 nitrogen and oxygen atoms in total. The van der Waals surface area contributed by atoms with Crippen LogP contribution in [0.5, 0.6) is 5.75 Å². The molecule has 0 bridgehead atoms. The van der Waals surface area contributed by atoms with Gasteiger partial charge < -0.3 is 25.6 Å². The number of ether oxygens (including phenoxy) is 1. The molecule has 4 aromatic rings. The van der Waals surface area contributed by atoms with Crippen molar-refractivity contribution in [2.75, 3.05) is 43.7 Å². The minimum atomic E-state index is -0.630. The molecule has 0 aliphatic rings. The van der Waals surface area contributed by atoms with E-state index in [0.29, 0.717) is 18.1 Å². The third-order valence-corrected chi connectivity index (χ3v) is 5.93. The lowest BCUT2D eigenvalue weighted by Crippen LogP contribution is -2.13. The summed E-state index contributed by atoms with van der Waals surface area (Å²) in [6, 6.07) is 16.4. The summed E-state index contributed by atoms with van der Waals surface area (Å²) < 4.78 is 20.9. The van der Waals surface area contributed by atoms with Crippen molar-refractivity contribution in [3.8, 4) is 5.75 Å². The molecule has 1 aromatic heterocycles. The molecule has 37 heavy (non-hydrogen) atoms. The molecule has 0 saturated heterocycles. The van der Waals surface area contributed by atoms with Crippen molar-refractivity contribution in [2.45, 2.75) is 0 Å². The van der Waals surface area contributed by atoms with Gasteiger partial charge in [0.25, 0.3) is 0 Å². The first kappa shape index (κ1) is 26.1. The van der Waals surface area contributed by atoms with E-state index >= 15 is 0 Å². The van der Waals surface area contributed by atoms with E-state index < -0.39 is 11.7 Å². The number of rotatable bonds is 9. The van der Waals surface area contributed by atoms with Gasteiger partial charge in [0.05, 0.1) is 18.5 Å². The first-order chi connectivity index (χ1) is 17.8. The molecule has 0 aliphatic heterocycles. The number of halogens is 2. The van der Waals surface area contributed by atoms with E-state index in [2.05, 4.69) is 41.8 Å². The molecule has 1 heterocycles. The molecule has 0 atom stereocenters. The van der Waals surface area contributed by atoms with Crippen LogP contribution in [0.25, 0.3) is 10.8 Å². The fourth-order valence-corrected chi connectivity index (χ4v) is 4.16. The van der Waals surface area contributed by atoms with E-state index in [0.717, 1.165) is 20.9 Å². The smallest absolute Gasteiger partial charge is 0.248 e. The van der Waals surface area contributed by atoms with Crippen LogP contribution in [0.2, 0.25) is 0 Å². The molecule has 3 N–H and O–H groups in total. The fourth-order valence-electron chi connectivity index (χ4n) is 3.56. The zero-order chi connectivity index (χ0) is 26.4. The van der Waals surface area contributed by atoms with Crippen molar-refractivity contribution in [1.82, 2.24) is 14.9 Å². The molecule has 0 fully saturated rings. The summed E-state index contributed by atoms with van der Waals surface area (Å²) in [4.78, 5) is 22.9. The maximum absolute atomic E-state index is 14.6. The Morgan fingerprint density at radius 2 is 1.92 bits per heavy atom. The van der Waals surface area contributed by atoms with Crippen LogP contribution in [-0.4, -0.2) is 48.5 Å². The van der Waals surface area contributed by atoms with Crippen LogP contribution in [0, 0.1) is 5.82 Å². The molecule has 0 unspecified atom stereocenters. The summed E-state index contributed by atoms with van der Waals surface area (Å²) in [5, 5.41) is 11.1. The van der Waals surface area contributed by atoms with Crippen LogP contribution in [0.3, 0.4) is 0 Å². The quantitative estimate of drug-likeness (QED) is 0.212. The summed E-state index contributed by atoms with van der Waals surface area (Å²) in [7, 11) is 5.20. The highest BCUT2D eigenvalue weighted by molar-refractivity contribution is 9.10. The number of benzene rings is 3. The second-order valence-corrected chi connectivity index (χ2v) is 9.24. The lowest BCUT2D eigenvalue weighted by atomic mass is 10.1. The van der Waals surface area contributed by atoms with Crippen molar-refractivity contribution in [3.63, 3.8) is 0 Å². The van der Waals surface area contributed by atoms with Crippen LogP contribution in [0.4, 0.5) is 33.2 Å². The second kappa shape index (κ2) is 11.8. The van der Waals surface area contributed by atoms with Gasteiger partial charge in [-0.25, -0.2) is 9.37 Å². The molecule has 10 heteroatoms. The van der Waals surface area contributed by atoms with E-state index in [-0.39, 0.29) is 17.4 Å². The molecule has 1 amide bonds. The summed E-state index contributed by atoms with van der Waals surface area (Å²) in [5.41, 5.74) is 1.24. The van der Waals surface area contributed by atoms with Gasteiger partial charge >= 0.3 is 0 Å². The number of fused-ring (bicyclic) bond motifs is 1. The van der Waals surface area contributed by atoms with Crippen molar-refractivity contribution < 1.29 is 13.9 Å². The molecular formula is C27H26BrFN6O2. The Hall–Kier alpha value is -4.02. The van der Waals surface area contributed by atoms with Gasteiger partial charge in [0.15, 0.2) is 5.82 Å². The molecule has 3 aromatic carbocycles. The third-order valence-electron chi connectivity index (χ3n) is 5.27. The molecule has 0 radical (unpaired) electrons. The van der Waals surface area contributed by atoms with Crippen LogP contribution in [0.15, 0.2) is 77.4 Å². The first-order valence-corrected chi connectivity index (χ1v) is 12.2. The molecule has 190 valence electrons. The predicted octanol–water partition coefficient (Wildman–Crippen LogP) is 6.08. The van der Waals surface area contributed by atoms with E-state index in [4.69, 9.17) is 4.74 Å². The van der Waals surface area contributed by atoms with E-state index in [1.807, 2.05) is 55.4 Å². The molecule has 4 rings (SSSR count). The Kier molecular flexibility index (Phi) is 8.32. The number of carbonyl (C=O) groups is 1. The van der Waals surface area contributed by atoms with Crippen LogP contribution in [-0.2, 0) is 4.79 Å². The topological polar surface area (TPSA) is 91.4 Å². The fraction of sp³-hybridized carbons (Fsp3) is 0.148. The Balaban J connectivity index is 1.54. The third kappa shape index (κ3) is 6.81. The van der Waals surface area contributed by atoms with Gasteiger partial charge in [-0.1, -0.05) is 46.3 Å². The lowest BCUT2D eigenvalue weighted by Gasteiger charge is -2.14. The van der Waals surface area contributed by atoms with Crippen molar-refractivity contribution in [1.29, 1.82) is 0 Å². The first-order valence-electron chi connectivity index (χ1n) is 11.4. The average Bonchev–Trinajstić information content (AvgIpc) is 2.86. The molecular weight excluding hydrogens is 539 g/mol. The SMILES string of the molecule is COc1cc(F)c(NC(=O)/C=C/CN(C)C)cc1Nc1nccc(Nc2cc(Br)c3ccccc3c2)n1. The second-order valence-electron chi connectivity index (χ2n) is 8.38. The predicted molar refractivity (Wildman–Crippen MR) is 150 cm³/mol. The van der Waals surface area contributed by atoms with Crippen LogP contribution in [0.1, 0.15) is 0 Å². The van der Waals surface area contributed by atoms with E-state index in [1.165, 1.54) is 25.3 Å². The highest BCUT2D eigenvalue weighted by atomic mass is 79.9. The van der Waals surface area contributed by atoms with Crippen molar-refractivity contribution >= 4 is 61.4 Å². The highest BCUT2D eigenvalue weighted by Crippen LogP contribution is 2.33. The Labute approximate surface area is 222 Å². The zero-order valence-electron chi connectivity index (χ0n) is 20.5. The standard InChI is InChI=1S/C27H26BrFN6O2/c1-35(2)12-6-9-26(36)32-22-16-23(24(37-3)15-21(22)29)33-27-30-11-10-25(34-27)31-18-13-17-7-4-5-8-19(17)20(28)14-18/h4-11,13-16H,12H2,1-3H3,(H,32,36)(H2,30,31,33,34)/b9-6+. The number of likely N-dealkylation sites (N-methyl/N-ethyl adjacent to an activating group) is 1. The summed E-state index contributed by atoms with van der Waals surface area (Å²) >= 11 is 3.62. The highest BCUT2D eigenvalue weighted by Gasteiger charge is 2.14. The minimum Gasteiger partial charge on any atom is -0.494 e. The van der Waals surface area contributed by atoms with Crippen LogP contribution < -0.4 is 20.7 Å². The summed E-state index contributed by atoms with van der Waals surface area (Å²) in [6.07, 6.45) is 4.65. The Morgan fingerprint density at radius 3 is 2.70 bits per heavy atom. The number of anilines is 5. The van der Waals surface area contributed by atoms with Crippen LogP contribution >= 0.6 is 15.9 Å². The monoisotopic (exact) mass is 564 g/mol. The molecule has 0 aliphatic carbocycles. The number of nitrogens with zero attached hydrogens (tertiary/aromatic N) is 3. The Morgan fingerprint density at radius 1 is 1.11 bits per heavy atom. The van der Waals surface area contributed by atoms with Gasteiger partial charge in [0.2, 0.25) is 11.9 Å². The minimum absolute atomic E-state index is 0.00176. The van der Waals surface area contributed by atoms with Gasteiger partial charge in [-0.05, 0) is 49.1 Å². The summed E-state index contributed by atoms with van der Waals surface area (Å²) in [5.74, 6) is -0.0202. The number of aromatic nitrogens is 2. The zero-order valence-corrected chi connectivity index (χ0v) is 22.1.